The summed E-state index contributed by atoms with van der Waals surface area (Å²) in [4.78, 5) is 28.7. The predicted octanol–water partition coefficient (Wildman–Crippen LogP) is 2.03. The minimum Gasteiger partial charge on any atom is -0.375 e. The first-order valence-corrected chi connectivity index (χ1v) is 9.98. The lowest BCUT2D eigenvalue weighted by Gasteiger charge is -2.36. The maximum atomic E-state index is 12.6. The zero-order valence-corrected chi connectivity index (χ0v) is 16.6. The molecule has 1 unspecified atom stereocenters. The van der Waals surface area contributed by atoms with E-state index < -0.39 is 0 Å². The number of carbonyl (C=O) groups excluding carboxylic acids is 2. The number of likely N-dealkylation sites (tertiary alicyclic amines) is 1. The van der Waals surface area contributed by atoms with Crippen molar-refractivity contribution in [3.8, 4) is 0 Å². The number of methoxy groups -OCH3 is 1. The molecule has 0 saturated carbocycles. The second-order valence-electron chi connectivity index (χ2n) is 7.38. The van der Waals surface area contributed by atoms with Crippen LogP contribution in [0.2, 0.25) is 0 Å². The number of nitrogens with zero attached hydrogens (tertiary/aromatic N) is 5. The first-order valence-electron chi connectivity index (χ1n) is 9.98. The fourth-order valence-corrected chi connectivity index (χ4v) is 4.03. The van der Waals surface area contributed by atoms with Crippen molar-refractivity contribution in [3.05, 3.63) is 42.0 Å². The molecule has 154 valence electrons. The van der Waals surface area contributed by atoms with Gasteiger partial charge in [-0.1, -0.05) is 18.2 Å². The molecule has 1 atom stereocenters. The van der Waals surface area contributed by atoms with Crippen molar-refractivity contribution in [2.75, 3.05) is 32.1 Å². The Morgan fingerprint density at radius 3 is 2.76 bits per heavy atom. The van der Waals surface area contributed by atoms with Crippen molar-refractivity contribution < 1.29 is 14.3 Å². The van der Waals surface area contributed by atoms with E-state index in [0.29, 0.717) is 26.2 Å². The summed E-state index contributed by atoms with van der Waals surface area (Å²) < 4.78 is 7.10. The molecule has 2 aliphatic heterocycles. The average molecular weight is 398 g/mol. The summed E-state index contributed by atoms with van der Waals surface area (Å²) in [7, 11) is 1.53. The van der Waals surface area contributed by atoms with E-state index >= 15 is 0 Å². The average Bonchev–Trinajstić information content (AvgIpc) is 3.18. The van der Waals surface area contributed by atoms with Crippen LogP contribution in [0.4, 0.5) is 10.5 Å². The van der Waals surface area contributed by atoms with Crippen LogP contribution >= 0.6 is 0 Å². The van der Waals surface area contributed by atoms with Gasteiger partial charge in [0.1, 0.15) is 6.61 Å². The number of fused-ring (bicyclic) bond motifs is 1. The van der Waals surface area contributed by atoms with Crippen LogP contribution in [0.1, 0.15) is 37.0 Å². The van der Waals surface area contributed by atoms with Crippen molar-refractivity contribution in [2.24, 2.45) is 0 Å². The summed E-state index contributed by atoms with van der Waals surface area (Å²) >= 11 is 0. The molecule has 9 nitrogen and oxygen atoms in total. The molecule has 1 saturated heterocycles. The van der Waals surface area contributed by atoms with Gasteiger partial charge in [0.05, 0.1) is 12.6 Å². The molecule has 0 bridgehead atoms. The van der Waals surface area contributed by atoms with Crippen molar-refractivity contribution >= 4 is 17.6 Å². The molecule has 0 radical (unpaired) electrons. The third kappa shape index (κ3) is 4.09. The Morgan fingerprint density at radius 1 is 1.14 bits per heavy atom. The van der Waals surface area contributed by atoms with Crippen LogP contribution in [0.15, 0.2) is 30.3 Å². The van der Waals surface area contributed by atoms with E-state index in [1.54, 1.807) is 4.90 Å². The molecule has 29 heavy (non-hydrogen) atoms. The van der Waals surface area contributed by atoms with Gasteiger partial charge in [-0.25, -0.2) is 4.79 Å². The van der Waals surface area contributed by atoms with Gasteiger partial charge in [-0.05, 0) is 31.4 Å². The van der Waals surface area contributed by atoms with E-state index in [2.05, 4.69) is 20.1 Å². The number of nitrogens with one attached hydrogen (secondary N) is 1. The summed E-state index contributed by atoms with van der Waals surface area (Å²) in [6.45, 7) is 2.36. The van der Waals surface area contributed by atoms with E-state index in [0.717, 1.165) is 36.6 Å². The second-order valence-corrected chi connectivity index (χ2v) is 7.38. The standard InChI is InChI=1S/C20H26N6O3/c1-29-14-18(27)25-10-6-5-9-16(25)19-23-22-17-13-24(11-12-26(17)19)20(28)21-15-7-3-2-4-8-15/h2-4,7-8,16H,5-6,9-14H2,1H3,(H,21,28). The van der Waals surface area contributed by atoms with Gasteiger partial charge in [0.15, 0.2) is 11.6 Å². The largest absolute Gasteiger partial charge is 0.375 e. The third-order valence-electron chi connectivity index (χ3n) is 5.48. The normalized spacial score (nSPS) is 19.0. The zero-order chi connectivity index (χ0) is 20.2. The Bertz CT molecular complexity index is 868. The quantitative estimate of drug-likeness (QED) is 0.851. The molecule has 2 aromatic rings. The molecule has 2 aliphatic rings. The van der Waals surface area contributed by atoms with Crippen molar-refractivity contribution in [2.45, 2.75) is 38.4 Å². The highest BCUT2D eigenvalue weighted by Gasteiger charge is 2.34. The Labute approximate surface area is 169 Å². The van der Waals surface area contributed by atoms with E-state index in [1.807, 2.05) is 35.2 Å². The second kappa shape index (κ2) is 8.60. The van der Waals surface area contributed by atoms with Gasteiger partial charge in [-0.2, -0.15) is 0 Å². The number of carbonyl (C=O) groups is 2. The molecular formula is C20H26N6O3. The van der Waals surface area contributed by atoms with E-state index in [4.69, 9.17) is 4.74 Å². The molecule has 3 heterocycles. The first-order chi connectivity index (χ1) is 14.2. The number of hydrogen-bond donors (Lipinski definition) is 1. The fourth-order valence-electron chi connectivity index (χ4n) is 4.03. The Balaban J connectivity index is 1.47. The number of amides is 3. The highest BCUT2D eigenvalue weighted by molar-refractivity contribution is 5.89. The number of anilines is 1. The van der Waals surface area contributed by atoms with Crippen LogP contribution in [0.3, 0.4) is 0 Å². The molecule has 1 fully saturated rings. The number of aromatic nitrogens is 3. The molecule has 9 heteroatoms. The van der Waals surface area contributed by atoms with Crippen molar-refractivity contribution in [1.29, 1.82) is 0 Å². The Hall–Kier alpha value is -2.94. The molecule has 1 aromatic carbocycles. The summed E-state index contributed by atoms with van der Waals surface area (Å²) in [6, 6.07) is 9.16. The van der Waals surface area contributed by atoms with Crippen molar-refractivity contribution in [3.63, 3.8) is 0 Å². The number of piperidine rings is 1. The smallest absolute Gasteiger partial charge is 0.322 e. The molecule has 1 aromatic heterocycles. The summed E-state index contributed by atoms with van der Waals surface area (Å²) in [6.07, 6.45) is 2.90. The van der Waals surface area contributed by atoms with Crippen molar-refractivity contribution in [1.82, 2.24) is 24.6 Å². The lowest BCUT2D eigenvalue weighted by atomic mass is 10.0. The molecule has 1 N–H and O–H groups in total. The molecule has 3 amide bonds. The molecule has 0 spiro atoms. The molecular weight excluding hydrogens is 372 g/mol. The predicted molar refractivity (Wildman–Crippen MR) is 106 cm³/mol. The van der Waals surface area contributed by atoms with Crippen LogP contribution in [-0.2, 0) is 22.6 Å². The van der Waals surface area contributed by atoms with E-state index in [1.165, 1.54) is 7.11 Å². The number of hydrogen-bond acceptors (Lipinski definition) is 5. The van der Waals surface area contributed by atoms with Gasteiger partial charge in [0.25, 0.3) is 0 Å². The van der Waals surface area contributed by atoms with E-state index in [9.17, 15) is 9.59 Å². The lowest BCUT2D eigenvalue weighted by molar-refractivity contribution is -0.139. The third-order valence-corrected chi connectivity index (χ3v) is 5.48. The SMILES string of the molecule is COCC(=O)N1CCCCC1c1nnc2n1CCN(C(=O)Nc1ccccc1)C2. The monoisotopic (exact) mass is 398 g/mol. The first kappa shape index (κ1) is 19.4. The summed E-state index contributed by atoms with van der Waals surface area (Å²) in [5, 5.41) is 11.7. The highest BCUT2D eigenvalue weighted by atomic mass is 16.5. The topological polar surface area (TPSA) is 92.6 Å². The summed E-state index contributed by atoms with van der Waals surface area (Å²) in [5.74, 6) is 1.54. The van der Waals surface area contributed by atoms with Gasteiger partial charge >= 0.3 is 6.03 Å². The minimum atomic E-state index is -0.151. The van der Waals surface area contributed by atoms with Crippen LogP contribution in [0, 0.1) is 0 Å². The highest BCUT2D eigenvalue weighted by Crippen LogP contribution is 2.31. The van der Waals surface area contributed by atoms with Crippen LogP contribution in [-0.4, -0.2) is 63.3 Å². The number of ether oxygens (including phenoxy) is 1. The van der Waals surface area contributed by atoms with Crippen LogP contribution in [0.25, 0.3) is 0 Å². The minimum absolute atomic E-state index is 0.0192. The van der Waals surface area contributed by atoms with E-state index in [-0.39, 0.29) is 24.6 Å². The molecule has 4 rings (SSSR count). The van der Waals surface area contributed by atoms with Crippen LogP contribution < -0.4 is 5.32 Å². The van der Waals surface area contributed by atoms with Crippen LogP contribution in [0.5, 0.6) is 0 Å². The summed E-state index contributed by atoms with van der Waals surface area (Å²) in [5.41, 5.74) is 0.764. The maximum absolute atomic E-state index is 12.6. The zero-order valence-electron chi connectivity index (χ0n) is 16.6. The number of urea groups is 1. The number of para-hydroxylation sites is 1. The Morgan fingerprint density at radius 2 is 1.97 bits per heavy atom. The van der Waals surface area contributed by atoms with Gasteiger partial charge in [0, 0.05) is 32.4 Å². The van der Waals surface area contributed by atoms with Gasteiger partial charge in [-0.3, -0.25) is 4.79 Å². The fraction of sp³-hybridized carbons (Fsp3) is 0.500. The van der Waals surface area contributed by atoms with Gasteiger partial charge in [-0.15, -0.1) is 10.2 Å². The number of rotatable bonds is 4. The van der Waals surface area contributed by atoms with Gasteiger partial charge in [0.2, 0.25) is 5.91 Å². The lowest BCUT2D eigenvalue weighted by Crippen LogP contribution is -2.44. The molecule has 0 aliphatic carbocycles. The maximum Gasteiger partial charge on any atom is 0.322 e. The number of benzene rings is 1. The van der Waals surface area contributed by atoms with Gasteiger partial charge < -0.3 is 24.4 Å². The Kier molecular flexibility index (Phi) is 5.75.